The Bertz CT molecular complexity index is 900. The summed E-state index contributed by atoms with van der Waals surface area (Å²) in [4.78, 5) is 22.5. The van der Waals surface area contributed by atoms with Crippen LogP contribution < -0.4 is 5.73 Å². The second-order valence-electron chi connectivity index (χ2n) is 15.6. The molecule has 326 valence electrons. The van der Waals surface area contributed by atoms with Crippen LogP contribution in [0.4, 0.5) is 0 Å². The van der Waals surface area contributed by atoms with E-state index in [1.807, 2.05) is 0 Å². The molecule has 0 aliphatic carbocycles. The van der Waals surface area contributed by atoms with Gasteiger partial charge in [0.2, 0.25) is 0 Å². The molecule has 8 nitrogen and oxygen atoms in total. The Kier molecular flexibility index (Phi) is 43.3. The van der Waals surface area contributed by atoms with E-state index in [-0.39, 0.29) is 32.3 Å². The molecule has 0 aliphatic rings. The minimum atomic E-state index is -4.28. The molecular formula is C46H90NO7P. The number of carbonyl (C=O) groups is 1. The molecule has 2 unspecified atom stereocenters. The standard InChI is InChI=1S/C46H90NO7P/c1-3-5-7-9-11-13-15-17-19-20-21-22-23-24-25-26-28-30-32-34-36-38-41-51-43-45(44-53-55(49,50)52-42-40-47)54-46(48)39-37-35-33-31-29-27-18-16-14-12-10-8-6-4-2/h16,18,20-21,45H,3-15,17,19,22-44,47H2,1-2H3,(H,49,50)/b18-16-,21-20-. The van der Waals surface area contributed by atoms with Gasteiger partial charge in [-0.3, -0.25) is 13.8 Å². The molecule has 0 saturated heterocycles. The monoisotopic (exact) mass is 800 g/mol. The highest BCUT2D eigenvalue weighted by Crippen LogP contribution is 2.43. The van der Waals surface area contributed by atoms with Gasteiger partial charge in [-0.1, -0.05) is 179 Å². The summed E-state index contributed by atoms with van der Waals surface area (Å²) in [5.74, 6) is -0.337. The number of allylic oxidation sites excluding steroid dienone is 4. The number of unbranched alkanes of at least 4 members (excludes halogenated alkanes) is 28. The van der Waals surface area contributed by atoms with Crippen LogP contribution in [0, 0.1) is 0 Å². The maximum atomic E-state index is 12.6. The van der Waals surface area contributed by atoms with Gasteiger partial charge in [0.15, 0.2) is 0 Å². The summed E-state index contributed by atoms with van der Waals surface area (Å²) in [5, 5.41) is 0. The van der Waals surface area contributed by atoms with E-state index in [1.165, 1.54) is 161 Å². The van der Waals surface area contributed by atoms with Crippen LogP contribution in [-0.4, -0.2) is 49.9 Å². The van der Waals surface area contributed by atoms with Gasteiger partial charge in [-0.25, -0.2) is 4.57 Å². The van der Waals surface area contributed by atoms with Gasteiger partial charge in [0.05, 0.1) is 19.8 Å². The number of nitrogens with two attached hydrogens (primary N) is 1. The van der Waals surface area contributed by atoms with Crippen LogP contribution >= 0.6 is 7.82 Å². The first-order chi connectivity index (χ1) is 26.9. The summed E-state index contributed by atoms with van der Waals surface area (Å²) in [5.41, 5.74) is 5.37. The Labute approximate surface area is 340 Å². The van der Waals surface area contributed by atoms with Crippen molar-refractivity contribution >= 4 is 13.8 Å². The quantitative estimate of drug-likeness (QED) is 0.0271. The van der Waals surface area contributed by atoms with E-state index >= 15 is 0 Å². The van der Waals surface area contributed by atoms with E-state index in [2.05, 4.69) is 38.2 Å². The fourth-order valence-corrected chi connectivity index (χ4v) is 7.40. The molecule has 0 heterocycles. The number of esters is 1. The van der Waals surface area contributed by atoms with E-state index in [1.54, 1.807) is 0 Å². The molecule has 0 aliphatic heterocycles. The Morgan fingerprint density at radius 1 is 0.527 bits per heavy atom. The summed E-state index contributed by atoms with van der Waals surface area (Å²) >= 11 is 0. The van der Waals surface area contributed by atoms with Crippen LogP contribution in [0.1, 0.15) is 226 Å². The maximum Gasteiger partial charge on any atom is 0.472 e. The Hall–Kier alpha value is -1.02. The zero-order chi connectivity index (χ0) is 40.2. The number of rotatable bonds is 45. The van der Waals surface area contributed by atoms with Crippen molar-refractivity contribution in [3.8, 4) is 0 Å². The van der Waals surface area contributed by atoms with Crippen molar-refractivity contribution in [1.82, 2.24) is 0 Å². The van der Waals surface area contributed by atoms with Crippen molar-refractivity contribution in [2.75, 3.05) is 33.0 Å². The van der Waals surface area contributed by atoms with E-state index in [0.29, 0.717) is 13.0 Å². The minimum Gasteiger partial charge on any atom is -0.457 e. The van der Waals surface area contributed by atoms with Crippen molar-refractivity contribution < 1.29 is 32.8 Å². The predicted molar refractivity (Wildman–Crippen MR) is 233 cm³/mol. The molecule has 0 fully saturated rings. The lowest BCUT2D eigenvalue weighted by atomic mass is 10.1. The molecular weight excluding hydrogens is 709 g/mol. The molecule has 0 bridgehead atoms. The second kappa shape index (κ2) is 44.1. The Balaban J connectivity index is 3.94. The molecule has 0 saturated carbocycles. The van der Waals surface area contributed by atoms with Crippen LogP contribution in [0.2, 0.25) is 0 Å². The highest BCUT2D eigenvalue weighted by Gasteiger charge is 2.25. The maximum absolute atomic E-state index is 12.6. The smallest absolute Gasteiger partial charge is 0.457 e. The molecule has 0 radical (unpaired) electrons. The number of hydrogen-bond acceptors (Lipinski definition) is 7. The molecule has 0 aromatic carbocycles. The van der Waals surface area contributed by atoms with Crippen molar-refractivity contribution in [3.63, 3.8) is 0 Å². The van der Waals surface area contributed by atoms with Crippen molar-refractivity contribution in [3.05, 3.63) is 24.3 Å². The van der Waals surface area contributed by atoms with E-state index < -0.39 is 13.9 Å². The highest BCUT2D eigenvalue weighted by atomic mass is 31.2. The molecule has 0 rings (SSSR count). The fourth-order valence-electron chi connectivity index (χ4n) is 6.63. The lowest BCUT2D eigenvalue weighted by Gasteiger charge is -2.20. The van der Waals surface area contributed by atoms with Crippen LogP contribution in [0.25, 0.3) is 0 Å². The molecule has 55 heavy (non-hydrogen) atoms. The summed E-state index contributed by atoms with van der Waals surface area (Å²) in [7, 11) is -4.28. The number of ether oxygens (including phenoxy) is 2. The summed E-state index contributed by atoms with van der Waals surface area (Å²) in [6, 6.07) is 0. The van der Waals surface area contributed by atoms with Crippen molar-refractivity contribution in [2.45, 2.75) is 232 Å². The third-order valence-corrected chi connectivity index (χ3v) is 11.1. The average molecular weight is 800 g/mol. The zero-order valence-electron chi connectivity index (χ0n) is 36.2. The van der Waals surface area contributed by atoms with Gasteiger partial charge in [0, 0.05) is 19.6 Å². The largest absolute Gasteiger partial charge is 0.472 e. The molecule has 3 N–H and O–H groups in total. The number of phosphoric ester groups is 1. The SMILES string of the molecule is CCCCCCC/C=C\CCCCCCCC(=O)OC(COCCCCCCCCCCCC/C=C\CCCCCCCCCC)COP(=O)(O)OCCN. The highest BCUT2D eigenvalue weighted by molar-refractivity contribution is 7.47. The molecule has 0 aromatic heterocycles. The lowest BCUT2D eigenvalue weighted by Crippen LogP contribution is -2.28. The zero-order valence-corrected chi connectivity index (χ0v) is 37.1. The number of carbonyl (C=O) groups excluding carboxylic acids is 1. The average Bonchev–Trinajstić information content (AvgIpc) is 3.17. The first kappa shape index (κ1) is 54.0. The van der Waals surface area contributed by atoms with Gasteiger partial charge in [0.25, 0.3) is 0 Å². The normalized spacial score (nSPS) is 13.6. The van der Waals surface area contributed by atoms with Crippen LogP contribution in [0.15, 0.2) is 24.3 Å². The second-order valence-corrected chi connectivity index (χ2v) is 17.1. The Morgan fingerprint density at radius 3 is 1.33 bits per heavy atom. The first-order valence-electron chi connectivity index (χ1n) is 23.3. The van der Waals surface area contributed by atoms with Gasteiger partial charge in [0.1, 0.15) is 6.10 Å². The Morgan fingerprint density at radius 2 is 0.909 bits per heavy atom. The third-order valence-electron chi connectivity index (χ3n) is 10.1. The van der Waals surface area contributed by atoms with E-state index in [0.717, 1.165) is 44.9 Å². The van der Waals surface area contributed by atoms with Gasteiger partial charge in [-0.05, 0) is 64.2 Å². The lowest BCUT2D eigenvalue weighted by molar-refractivity contribution is -0.154. The first-order valence-corrected chi connectivity index (χ1v) is 24.8. The number of phosphoric acid groups is 1. The number of hydrogen-bond donors (Lipinski definition) is 2. The van der Waals surface area contributed by atoms with Gasteiger partial charge in [-0.2, -0.15) is 0 Å². The summed E-state index contributed by atoms with van der Waals surface area (Å²) in [6.07, 6.45) is 49.2. The van der Waals surface area contributed by atoms with Gasteiger partial charge >= 0.3 is 13.8 Å². The van der Waals surface area contributed by atoms with Crippen LogP contribution in [0.3, 0.4) is 0 Å². The molecule has 2 atom stereocenters. The van der Waals surface area contributed by atoms with Crippen molar-refractivity contribution in [1.29, 1.82) is 0 Å². The molecule has 9 heteroatoms. The molecule has 0 amide bonds. The molecule has 0 aromatic rings. The van der Waals surface area contributed by atoms with Gasteiger partial charge < -0.3 is 20.1 Å². The van der Waals surface area contributed by atoms with E-state index in [4.69, 9.17) is 24.3 Å². The van der Waals surface area contributed by atoms with Crippen LogP contribution in [-0.2, 0) is 27.9 Å². The van der Waals surface area contributed by atoms with Crippen molar-refractivity contribution in [2.24, 2.45) is 5.73 Å². The topological polar surface area (TPSA) is 117 Å². The van der Waals surface area contributed by atoms with Gasteiger partial charge in [-0.15, -0.1) is 0 Å². The predicted octanol–water partition coefficient (Wildman–Crippen LogP) is 14.0. The summed E-state index contributed by atoms with van der Waals surface area (Å²) in [6.45, 7) is 4.93. The minimum absolute atomic E-state index is 0.0958. The van der Waals surface area contributed by atoms with Crippen LogP contribution in [0.5, 0.6) is 0 Å². The molecule has 0 spiro atoms. The fraction of sp³-hybridized carbons (Fsp3) is 0.891. The van der Waals surface area contributed by atoms with E-state index in [9.17, 15) is 14.3 Å². The third kappa shape index (κ3) is 43.9. The summed E-state index contributed by atoms with van der Waals surface area (Å²) < 4.78 is 33.5.